The molecule has 0 radical (unpaired) electrons. The summed E-state index contributed by atoms with van der Waals surface area (Å²) in [5.41, 5.74) is 5.09. The fraction of sp³-hybridized carbons (Fsp3) is 0.750. The molecule has 0 aromatic rings. The summed E-state index contributed by atoms with van der Waals surface area (Å²) in [6.45, 7) is 4.08. The molecule has 19 heavy (non-hydrogen) atoms. The minimum Gasteiger partial charge on any atom is -0.480 e. The van der Waals surface area contributed by atoms with E-state index >= 15 is 0 Å². The van der Waals surface area contributed by atoms with Crippen LogP contribution >= 0.6 is 0 Å². The normalized spacial score (nSPS) is 22.9. The van der Waals surface area contributed by atoms with Crippen LogP contribution in [-0.4, -0.2) is 58.5 Å². The van der Waals surface area contributed by atoms with Crippen molar-refractivity contribution < 1.29 is 19.5 Å². The third-order valence-electron chi connectivity index (χ3n) is 3.43. The third kappa shape index (κ3) is 3.59. The third-order valence-corrected chi connectivity index (χ3v) is 3.43. The Morgan fingerprint density at radius 3 is 2.53 bits per heavy atom. The molecule has 0 spiro atoms. The molecule has 1 heterocycles. The Hall–Kier alpha value is -1.79. The van der Waals surface area contributed by atoms with Gasteiger partial charge in [0.1, 0.15) is 12.6 Å². The number of carboxylic acid groups (broad SMARTS) is 1. The first-order chi connectivity index (χ1) is 8.88. The van der Waals surface area contributed by atoms with Crippen LogP contribution in [0.1, 0.15) is 26.7 Å². The number of piperidine rings is 1. The van der Waals surface area contributed by atoms with Gasteiger partial charge < -0.3 is 20.6 Å². The molecule has 1 aliphatic heterocycles. The molecular weight excluding hydrogens is 250 g/mol. The maximum Gasteiger partial charge on any atom is 0.326 e. The van der Waals surface area contributed by atoms with E-state index in [9.17, 15) is 19.5 Å². The van der Waals surface area contributed by atoms with Crippen molar-refractivity contribution in [2.75, 3.05) is 19.6 Å². The molecule has 0 aromatic heterocycles. The standard InChI is InChI=1S/C12H21N3O4/c1-3-14(7-9(13)16)12(19)15-6-4-5-8(2)10(15)11(17)18/h8,10H,3-7H2,1-2H3,(H2,13,16)(H,17,18). The molecule has 1 fully saturated rings. The highest BCUT2D eigenvalue weighted by Gasteiger charge is 2.38. The lowest BCUT2D eigenvalue weighted by Crippen LogP contribution is -2.56. The number of carboxylic acids is 1. The van der Waals surface area contributed by atoms with Gasteiger partial charge >= 0.3 is 12.0 Å². The largest absolute Gasteiger partial charge is 0.480 e. The molecule has 0 aromatic carbocycles. The molecule has 1 rings (SSSR count). The number of carbonyl (C=O) groups excluding carboxylic acids is 2. The molecule has 3 N–H and O–H groups in total. The number of nitrogens with zero attached hydrogens (tertiary/aromatic N) is 2. The Balaban J connectivity index is 2.87. The zero-order chi connectivity index (χ0) is 14.6. The summed E-state index contributed by atoms with van der Waals surface area (Å²) in [5.74, 6) is -1.70. The van der Waals surface area contributed by atoms with Crippen molar-refractivity contribution in [1.29, 1.82) is 0 Å². The Bertz CT molecular complexity index is 372. The first-order valence-corrected chi connectivity index (χ1v) is 6.45. The average Bonchev–Trinajstić information content (AvgIpc) is 2.34. The number of nitrogens with two attached hydrogens (primary N) is 1. The number of rotatable bonds is 4. The summed E-state index contributed by atoms with van der Waals surface area (Å²) in [6, 6.07) is -1.26. The molecule has 0 bridgehead atoms. The lowest BCUT2D eigenvalue weighted by molar-refractivity contribution is -0.145. The van der Waals surface area contributed by atoms with Crippen LogP contribution in [0, 0.1) is 5.92 Å². The predicted molar refractivity (Wildman–Crippen MR) is 68.4 cm³/mol. The fourth-order valence-electron chi connectivity index (χ4n) is 2.46. The van der Waals surface area contributed by atoms with E-state index in [0.717, 1.165) is 12.8 Å². The van der Waals surface area contributed by atoms with E-state index < -0.39 is 23.9 Å². The van der Waals surface area contributed by atoms with E-state index in [0.29, 0.717) is 13.1 Å². The van der Waals surface area contributed by atoms with Crippen LogP contribution in [0.15, 0.2) is 0 Å². The van der Waals surface area contributed by atoms with Gasteiger partial charge in [0.05, 0.1) is 0 Å². The van der Waals surface area contributed by atoms with E-state index in [1.165, 1.54) is 9.80 Å². The predicted octanol–water partition coefficient (Wildman–Crippen LogP) is 0.0987. The van der Waals surface area contributed by atoms with Gasteiger partial charge in [0.25, 0.3) is 0 Å². The van der Waals surface area contributed by atoms with Gasteiger partial charge in [-0.25, -0.2) is 9.59 Å². The van der Waals surface area contributed by atoms with Gasteiger partial charge in [-0.3, -0.25) is 4.79 Å². The number of carbonyl (C=O) groups is 3. The van der Waals surface area contributed by atoms with Gasteiger partial charge in [-0.05, 0) is 25.7 Å². The van der Waals surface area contributed by atoms with Gasteiger partial charge in [-0.15, -0.1) is 0 Å². The SMILES string of the molecule is CCN(CC(N)=O)C(=O)N1CCCC(C)C1C(=O)O. The maximum absolute atomic E-state index is 12.3. The molecule has 2 unspecified atom stereocenters. The molecule has 1 saturated heterocycles. The number of likely N-dealkylation sites (tertiary alicyclic amines) is 1. The van der Waals surface area contributed by atoms with Gasteiger partial charge in [-0.2, -0.15) is 0 Å². The quantitative estimate of drug-likeness (QED) is 0.756. The fourth-order valence-corrected chi connectivity index (χ4v) is 2.46. The van der Waals surface area contributed by atoms with Crippen molar-refractivity contribution in [2.24, 2.45) is 11.7 Å². The Labute approximate surface area is 112 Å². The second-order valence-electron chi connectivity index (χ2n) is 4.86. The monoisotopic (exact) mass is 271 g/mol. The topological polar surface area (TPSA) is 104 Å². The zero-order valence-corrected chi connectivity index (χ0v) is 11.3. The number of primary amides is 1. The first kappa shape index (κ1) is 15.3. The lowest BCUT2D eigenvalue weighted by atomic mass is 9.91. The van der Waals surface area contributed by atoms with E-state index in [2.05, 4.69) is 0 Å². The number of hydrogen-bond donors (Lipinski definition) is 2. The molecule has 108 valence electrons. The number of aliphatic carboxylic acids is 1. The number of likely N-dealkylation sites (N-methyl/N-ethyl adjacent to an activating group) is 1. The van der Waals surface area contributed by atoms with Crippen LogP contribution in [0.4, 0.5) is 4.79 Å². The lowest BCUT2D eigenvalue weighted by Gasteiger charge is -2.39. The second kappa shape index (κ2) is 6.40. The first-order valence-electron chi connectivity index (χ1n) is 6.45. The van der Waals surface area contributed by atoms with Gasteiger partial charge in [0.2, 0.25) is 5.91 Å². The Morgan fingerprint density at radius 1 is 1.42 bits per heavy atom. The van der Waals surface area contributed by atoms with Crippen molar-refractivity contribution >= 4 is 17.9 Å². The molecular formula is C12H21N3O4. The van der Waals surface area contributed by atoms with E-state index in [4.69, 9.17) is 5.73 Å². The highest BCUT2D eigenvalue weighted by atomic mass is 16.4. The summed E-state index contributed by atoms with van der Waals surface area (Å²) in [5, 5.41) is 9.26. The van der Waals surface area contributed by atoms with Crippen molar-refractivity contribution in [3.8, 4) is 0 Å². The maximum atomic E-state index is 12.3. The van der Waals surface area contributed by atoms with Crippen LogP contribution in [0.5, 0.6) is 0 Å². The second-order valence-corrected chi connectivity index (χ2v) is 4.86. The highest BCUT2D eigenvalue weighted by Crippen LogP contribution is 2.24. The highest BCUT2D eigenvalue weighted by molar-refractivity contribution is 5.86. The molecule has 0 aliphatic carbocycles. The van der Waals surface area contributed by atoms with Gasteiger partial charge in [-0.1, -0.05) is 6.92 Å². The average molecular weight is 271 g/mol. The molecule has 3 amide bonds. The summed E-state index contributed by atoms with van der Waals surface area (Å²) in [4.78, 5) is 37.2. The smallest absolute Gasteiger partial charge is 0.326 e. The summed E-state index contributed by atoms with van der Waals surface area (Å²) in [6.07, 6.45) is 1.55. The van der Waals surface area contributed by atoms with E-state index in [-0.39, 0.29) is 12.5 Å². The van der Waals surface area contributed by atoms with Crippen LogP contribution in [0.25, 0.3) is 0 Å². The van der Waals surface area contributed by atoms with Crippen molar-refractivity contribution in [3.63, 3.8) is 0 Å². The summed E-state index contributed by atoms with van der Waals surface area (Å²) in [7, 11) is 0. The molecule has 1 aliphatic rings. The minimum atomic E-state index is -1.00. The molecule has 7 nitrogen and oxygen atoms in total. The van der Waals surface area contributed by atoms with E-state index in [1.807, 2.05) is 6.92 Å². The van der Waals surface area contributed by atoms with Crippen molar-refractivity contribution in [2.45, 2.75) is 32.7 Å². The van der Waals surface area contributed by atoms with Gasteiger partial charge in [0.15, 0.2) is 0 Å². The van der Waals surface area contributed by atoms with Crippen molar-refractivity contribution in [3.05, 3.63) is 0 Å². The molecule has 7 heteroatoms. The van der Waals surface area contributed by atoms with Gasteiger partial charge in [0, 0.05) is 13.1 Å². The van der Waals surface area contributed by atoms with Crippen LogP contribution in [0.3, 0.4) is 0 Å². The van der Waals surface area contributed by atoms with Crippen LogP contribution < -0.4 is 5.73 Å². The zero-order valence-electron chi connectivity index (χ0n) is 11.3. The molecule has 0 saturated carbocycles. The van der Waals surface area contributed by atoms with Crippen LogP contribution in [-0.2, 0) is 9.59 Å². The van der Waals surface area contributed by atoms with Crippen molar-refractivity contribution in [1.82, 2.24) is 9.80 Å². The number of amides is 3. The Morgan fingerprint density at radius 2 is 2.05 bits per heavy atom. The van der Waals surface area contributed by atoms with E-state index in [1.54, 1.807) is 6.92 Å². The minimum absolute atomic E-state index is 0.0949. The van der Waals surface area contributed by atoms with Crippen LogP contribution in [0.2, 0.25) is 0 Å². The Kier molecular flexibility index (Phi) is 5.14. The number of urea groups is 1. The molecule has 2 atom stereocenters. The summed E-state index contributed by atoms with van der Waals surface area (Å²) < 4.78 is 0. The summed E-state index contributed by atoms with van der Waals surface area (Å²) >= 11 is 0. The number of hydrogen-bond acceptors (Lipinski definition) is 3.